The highest BCUT2D eigenvalue weighted by molar-refractivity contribution is 7.90. The average Bonchev–Trinajstić information content (AvgIpc) is 2.58. The van der Waals surface area contributed by atoms with Crippen LogP contribution in [0.2, 0.25) is 10.0 Å². The van der Waals surface area contributed by atoms with Crippen molar-refractivity contribution in [3.63, 3.8) is 0 Å². The maximum Gasteiger partial charge on any atom is 0.192 e. The molecular formula is C13H14Cl2N2O2S. The van der Waals surface area contributed by atoms with Gasteiger partial charge in [-0.15, -0.1) is 0 Å². The number of nitrogens with zero attached hydrogens (tertiary/aromatic N) is 2. The Kier molecular flexibility index (Phi) is 3.88. The Morgan fingerprint density at radius 2 is 1.75 bits per heavy atom. The van der Waals surface area contributed by atoms with Crippen LogP contribution in [0.1, 0.15) is 11.1 Å². The van der Waals surface area contributed by atoms with Crippen LogP contribution in [0.25, 0.3) is 11.3 Å². The molecule has 0 atom stereocenters. The summed E-state index contributed by atoms with van der Waals surface area (Å²) in [5.41, 5.74) is 2.67. The minimum Gasteiger partial charge on any atom is -0.256 e. The van der Waals surface area contributed by atoms with E-state index in [1.54, 1.807) is 20.0 Å². The van der Waals surface area contributed by atoms with E-state index in [0.717, 1.165) is 11.8 Å². The van der Waals surface area contributed by atoms with E-state index in [1.807, 2.05) is 13.0 Å². The molecule has 1 heterocycles. The van der Waals surface area contributed by atoms with Gasteiger partial charge in [0.25, 0.3) is 0 Å². The Bertz CT molecular complexity index is 795. The highest BCUT2D eigenvalue weighted by atomic mass is 35.5. The SMILES string of the molecule is Cc1cc(-c2nn(C)c(S(C)(=O)=O)c2C)c(Cl)cc1Cl. The minimum absolute atomic E-state index is 0.191. The van der Waals surface area contributed by atoms with E-state index in [9.17, 15) is 8.42 Å². The van der Waals surface area contributed by atoms with Crippen molar-refractivity contribution in [2.45, 2.75) is 18.9 Å². The van der Waals surface area contributed by atoms with Crippen LogP contribution >= 0.6 is 23.2 Å². The topological polar surface area (TPSA) is 52.0 Å². The van der Waals surface area contributed by atoms with Crippen molar-refractivity contribution in [3.8, 4) is 11.3 Å². The van der Waals surface area contributed by atoms with E-state index in [0.29, 0.717) is 26.9 Å². The summed E-state index contributed by atoms with van der Waals surface area (Å²) in [6.45, 7) is 3.58. The lowest BCUT2D eigenvalue weighted by Gasteiger charge is -2.06. The summed E-state index contributed by atoms with van der Waals surface area (Å²) in [7, 11) is -1.75. The lowest BCUT2D eigenvalue weighted by Crippen LogP contribution is -2.06. The summed E-state index contributed by atoms with van der Waals surface area (Å²) in [6.07, 6.45) is 1.16. The first-order chi connectivity index (χ1) is 9.12. The molecule has 0 saturated heterocycles. The van der Waals surface area contributed by atoms with Gasteiger partial charge in [-0.25, -0.2) is 8.42 Å². The monoisotopic (exact) mass is 332 g/mol. The lowest BCUT2D eigenvalue weighted by atomic mass is 10.1. The number of aromatic nitrogens is 2. The van der Waals surface area contributed by atoms with E-state index >= 15 is 0 Å². The molecule has 108 valence electrons. The van der Waals surface area contributed by atoms with Crippen molar-refractivity contribution in [2.24, 2.45) is 7.05 Å². The molecule has 0 radical (unpaired) electrons. The highest BCUT2D eigenvalue weighted by Crippen LogP contribution is 2.35. The number of hydrogen-bond acceptors (Lipinski definition) is 3. The molecule has 0 saturated carbocycles. The molecule has 0 spiro atoms. The maximum atomic E-state index is 11.8. The highest BCUT2D eigenvalue weighted by Gasteiger charge is 2.23. The van der Waals surface area contributed by atoms with Gasteiger partial charge in [-0.05, 0) is 31.5 Å². The summed E-state index contributed by atoms with van der Waals surface area (Å²) in [6, 6.07) is 3.45. The Hall–Kier alpha value is -1.04. The first-order valence-corrected chi connectivity index (χ1v) is 8.47. The predicted molar refractivity (Wildman–Crippen MR) is 81.2 cm³/mol. The second-order valence-corrected chi connectivity index (χ2v) is 7.50. The third kappa shape index (κ3) is 2.57. The zero-order valence-electron chi connectivity index (χ0n) is 11.5. The Labute approximate surface area is 128 Å². The molecule has 7 heteroatoms. The second kappa shape index (κ2) is 5.06. The van der Waals surface area contributed by atoms with Gasteiger partial charge in [-0.1, -0.05) is 23.2 Å². The molecule has 2 rings (SSSR count). The van der Waals surface area contributed by atoms with Gasteiger partial charge >= 0.3 is 0 Å². The van der Waals surface area contributed by atoms with E-state index in [2.05, 4.69) is 5.10 Å². The van der Waals surface area contributed by atoms with Gasteiger partial charge in [0.15, 0.2) is 14.9 Å². The van der Waals surface area contributed by atoms with Gasteiger partial charge in [0.2, 0.25) is 0 Å². The van der Waals surface area contributed by atoms with Gasteiger partial charge in [0.1, 0.15) is 0 Å². The molecule has 2 aromatic rings. The summed E-state index contributed by atoms with van der Waals surface area (Å²) in [5.74, 6) is 0. The molecule has 0 aliphatic carbocycles. The molecule has 1 aromatic heterocycles. The van der Waals surface area contributed by atoms with Gasteiger partial charge in [0, 0.05) is 29.5 Å². The van der Waals surface area contributed by atoms with Crippen molar-refractivity contribution in [1.29, 1.82) is 0 Å². The number of rotatable bonds is 2. The first kappa shape index (κ1) is 15.4. The number of aryl methyl sites for hydroxylation is 2. The lowest BCUT2D eigenvalue weighted by molar-refractivity contribution is 0.581. The number of hydrogen-bond donors (Lipinski definition) is 0. The predicted octanol–water partition coefficient (Wildman–Crippen LogP) is 3.41. The van der Waals surface area contributed by atoms with Crippen LogP contribution in [-0.2, 0) is 16.9 Å². The fourth-order valence-corrected chi connectivity index (χ4v) is 3.87. The van der Waals surface area contributed by atoms with Crippen molar-refractivity contribution in [3.05, 3.63) is 33.3 Å². The molecule has 20 heavy (non-hydrogen) atoms. The first-order valence-electron chi connectivity index (χ1n) is 5.82. The van der Waals surface area contributed by atoms with E-state index in [4.69, 9.17) is 23.2 Å². The molecule has 0 amide bonds. The summed E-state index contributed by atoms with van der Waals surface area (Å²) >= 11 is 12.2. The largest absolute Gasteiger partial charge is 0.256 e. The summed E-state index contributed by atoms with van der Waals surface area (Å²) < 4.78 is 25.0. The number of benzene rings is 1. The fraction of sp³-hybridized carbons (Fsp3) is 0.308. The molecule has 1 aromatic carbocycles. The molecule has 0 aliphatic heterocycles. The van der Waals surface area contributed by atoms with E-state index in [1.165, 1.54) is 4.68 Å². The molecular weight excluding hydrogens is 319 g/mol. The van der Waals surface area contributed by atoms with Crippen LogP contribution in [0.4, 0.5) is 0 Å². The normalized spacial score (nSPS) is 11.9. The Morgan fingerprint density at radius 3 is 2.25 bits per heavy atom. The van der Waals surface area contributed by atoms with Crippen LogP contribution in [-0.4, -0.2) is 24.5 Å². The standard InChI is InChI=1S/C13H14Cl2N2O2S/c1-7-5-9(11(15)6-10(7)14)12-8(2)13(17(3)16-12)20(4,18)19/h5-6H,1-4H3. The van der Waals surface area contributed by atoms with Gasteiger partial charge in [-0.2, -0.15) is 5.10 Å². The number of sulfone groups is 1. The number of halogens is 2. The Morgan fingerprint density at radius 1 is 1.15 bits per heavy atom. The van der Waals surface area contributed by atoms with Gasteiger partial charge < -0.3 is 0 Å². The van der Waals surface area contributed by atoms with Crippen molar-refractivity contribution < 1.29 is 8.42 Å². The van der Waals surface area contributed by atoms with Crippen LogP contribution in [0.15, 0.2) is 17.2 Å². The van der Waals surface area contributed by atoms with Crippen LogP contribution in [0.5, 0.6) is 0 Å². The van der Waals surface area contributed by atoms with Crippen molar-refractivity contribution in [1.82, 2.24) is 9.78 Å². The Balaban J connectivity index is 2.76. The third-order valence-electron chi connectivity index (χ3n) is 3.07. The zero-order valence-corrected chi connectivity index (χ0v) is 13.9. The van der Waals surface area contributed by atoms with Gasteiger partial charge in [0.05, 0.1) is 10.7 Å². The molecule has 0 aliphatic rings. The van der Waals surface area contributed by atoms with Crippen LogP contribution in [0.3, 0.4) is 0 Å². The van der Waals surface area contributed by atoms with Crippen molar-refractivity contribution in [2.75, 3.05) is 6.26 Å². The van der Waals surface area contributed by atoms with Crippen molar-refractivity contribution >= 4 is 33.0 Å². The zero-order chi connectivity index (χ0) is 15.2. The maximum absolute atomic E-state index is 11.8. The quantitative estimate of drug-likeness (QED) is 0.846. The van der Waals surface area contributed by atoms with Crippen LogP contribution in [0, 0.1) is 13.8 Å². The fourth-order valence-electron chi connectivity index (χ4n) is 2.23. The summed E-state index contributed by atoms with van der Waals surface area (Å²) in [5, 5.41) is 5.49. The van der Waals surface area contributed by atoms with E-state index in [-0.39, 0.29) is 5.03 Å². The average molecular weight is 333 g/mol. The third-order valence-corrected chi connectivity index (χ3v) is 5.07. The second-order valence-electron chi connectivity index (χ2n) is 4.76. The molecule has 0 fully saturated rings. The molecule has 4 nitrogen and oxygen atoms in total. The minimum atomic E-state index is -3.35. The molecule has 0 N–H and O–H groups in total. The summed E-state index contributed by atoms with van der Waals surface area (Å²) in [4.78, 5) is 0. The molecule has 0 bridgehead atoms. The van der Waals surface area contributed by atoms with Gasteiger partial charge in [-0.3, -0.25) is 4.68 Å². The molecule has 0 unspecified atom stereocenters. The van der Waals surface area contributed by atoms with Crippen LogP contribution < -0.4 is 0 Å². The van der Waals surface area contributed by atoms with E-state index < -0.39 is 9.84 Å². The smallest absolute Gasteiger partial charge is 0.192 e.